The van der Waals surface area contributed by atoms with Crippen LogP contribution in [0.4, 0.5) is 0 Å². The Bertz CT molecular complexity index is 1080. The quantitative estimate of drug-likeness (QED) is 0.661. The van der Waals surface area contributed by atoms with E-state index in [4.69, 9.17) is 5.73 Å². The van der Waals surface area contributed by atoms with Gasteiger partial charge in [-0.2, -0.15) is 0 Å². The number of likely N-dealkylation sites (tertiary alicyclic amines) is 1. The summed E-state index contributed by atoms with van der Waals surface area (Å²) < 4.78 is 0. The fourth-order valence-electron chi connectivity index (χ4n) is 4.45. The minimum atomic E-state index is -0.742. The average Bonchev–Trinajstić information content (AvgIpc) is 3.22. The third kappa shape index (κ3) is 4.53. The standard InChI is InChI=1S/C27H28N2O2/c1-20-11-13-21(14-12-20)17-25(30)29-16-15-27(19-29,26(28)31)18-23-9-5-6-10-24(23)22-7-3-2-4-8-22/h2-14H,15-19H2,1H3,(H2,28,31). The number of aryl methyl sites for hydroxylation is 1. The molecule has 0 bridgehead atoms. The van der Waals surface area contributed by atoms with Crippen LogP contribution in [-0.2, 0) is 22.4 Å². The second-order valence-electron chi connectivity index (χ2n) is 8.57. The summed E-state index contributed by atoms with van der Waals surface area (Å²) in [6, 6.07) is 26.3. The lowest BCUT2D eigenvalue weighted by atomic mass is 9.78. The van der Waals surface area contributed by atoms with E-state index in [0.29, 0.717) is 32.4 Å². The lowest BCUT2D eigenvalue weighted by molar-refractivity contribution is -0.131. The fraction of sp³-hybridized carbons (Fsp3) is 0.259. The van der Waals surface area contributed by atoms with Crippen molar-refractivity contribution in [3.05, 3.63) is 95.6 Å². The third-order valence-electron chi connectivity index (χ3n) is 6.34. The number of amides is 2. The number of nitrogens with two attached hydrogens (primary N) is 1. The van der Waals surface area contributed by atoms with Crippen LogP contribution in [0.2, 0.25) is 0 Å². The lowest BCUT2D eigenvalue weighted by Crippen LogP contribution is -2.42. The van der Waals surface area contributed by atoms with Gasteiger partial charge in [0.2, 0.25) is 11.8 Å². The third-order valence-corrected chi connectivity index (χ3v) is 6.34. The van der Waals surface area contributed by atoms with Gasteiger partial charge in [-0.15, -0.1) is 0 Å². The van der Waals surface area contributed by atoms with E-state index in [9.17, 15) is 9.59 Å². The SMILES string of the molecule is Cc1ccc(CC(=O)N2CCC(Cc3ccccc3-c3ccccc3)(C(N)=O)C2)cc1. The molecule has 0 radical (unpaired) electrons. The monoisotopic (exact) mass is 412 g/mol. The summed E-state index contributed by atoms with van der Waals surface area (Å²) in [4.78, 5) is 27.3. The summed E-state index contributed by atoms with van der Waals surface area (Å²) in [7, 11) is 0. The number of rotatable bonds is 6. The van der Waals surface area contributed by atoms with Crippen LogP contribution in [0.15, 0.2) is 78.9 Å². The molecule has 3 aromatic rings. The molecule has 4 heteroatoms. The van der Waals surface area contributed by atoms with Gasteiger partial charge in [-0.05, 0) is 42.0 Å². The molecule has 0 aromatic heterocycles. The second kappa shape index (κ2) is 8.76. The van der Waals surface area contributed by atoms with E-state index in [2.05, 4.69) is 24.3 Å². The molecule has 0 aliphatic carbocycles. The summed E-state index contributed by atoms with van der Waals surface area (Å²) in [6.07, 6.45) is 1.46. The van der Waals surface area contributed by atoms with Gasteiger partial charge in [0.25, 0.3) is 0 Å². The van der Waals surface area contributed by atoms with Crippen LogP contribution >= 0.6 is 0 Å². The first-order valence-electron chi connectivity index (χ1n) is 10.7. The molecule has 1 atom stereocenters. The highest BCUT2D eigenvalue weighted by molar-refractivity contribution is 5.85. The first-order chi connectivity index (χ1) is 15.0. The Kier molecular flexibility index (Phi) is 5.90. The Morgan fingerprint density at radius 3 is 2.32 bits per heavy atom. The van der Waals surface area contributed by atoms with E-state index in [-0.39, 0.29) is 11.8 Å². The van der Waals surface area contributed by atoms with Crippen LogP contribution in [0, 0.1) is 12.3 Å². The Morgan fingerprint density at radius 1 is 0.935 bits per heavy atom. The van der Waals surface area contributed by atoms with E-state index in [1.165, 1.54) is 5.56 Å². The van der Waals surface area contributed by atoms with E-state index in [0.717, 1.165) is 22.3 Å². The molecular weight excluding hydrogens is 384 g/mol. The van der Waals surface area contributed by atoms with Crippen molar-refractivity contribution in [1.29, 1.82) is 0 Å². The zero-order valence-electron chi connectivity index (χ0n) is 17.9. The van der Waals surface area contributed by atoms with Crippen LogP contribution in [0.5, 0.6) is 0 Å². The number of benzene rings is 3. The summed E-state index contributed by atoms with van der Waals surface area (Å²) in [5.41, 5.74) is 10.6. The van der Waals surface area contributed by atoms with Crippen LogP contribution in [0.1, 0.15) is 23.1 Å². The molecule has 3 aromatic carbocycles. The molecule has 1 aliphatic rings. The molecule has 31 heavy (non-hydrogen) atoms. The zero-order valence-corrected chi connectivity index (χ0v) is 17.9. The van der Waals surface area contributed by atoms with Crippen LogP contribution in [0.25, 0.3) is 11.1 Å². The van der Waals surface area contributed by atoms with Crippen molar-refractivity contribution in [2.45, 2.75) is 26.2 Å². The number of carbonyl (C=O) groups is 2. The molecule has 1 aliphatic heterocycles. The van der Waals surface area contributed by atoms with Gasteiger partial charge in [0.15, 0.2) is 0 Å². The van der Waals surface area contributed by atoms with Crippen molar-refractivity contribution in [3.63, 3.8) is 0 Å². The molecule has 2 amide bonds. The molecule has 4 rings (SSSR count). The molecule has 4 nitrogen and oxygen atoms in total. The van der Waals surface area contributed by atoms with E-state index < -0.39 is 5.41 Å². The van der Waals surface area contributed by atoms with Gasteiger partial charge in [0.05, 0.1) is 11.8 Å². The first kappa shape index (κ1) is 20.9. The molecule has 1 fully saturated rings. The van der Waals surface area contributed by atoms with Gasteiger partial charge in [0.1, 0.15) is 0 Å². The molecular formula is C27H28N2O2. The van der Waals surface area contributed by atoms with Gasteiger partial charge >= 0.3 is 0 Å². The highest BCUT2D eigenvalue weighted by Gasteiger charge is 2.45. The first-order valence-corrected chi connectivity index (χ1v) is 10.7. The number of nitrogens with zero attached hydrogens (tertiary/aromatic N) is 1. The summed E-state index contributed by atoms with van der Waals surface area (Å²) in [6.45, 7) is 2.96. The van der Waals surface area contributed by atoms with Crippen molar-refractivity contribution >= 4 is 11.8 Å². The van der Waals surface area contributed by atoms with E-state index >= 15 is 0 Å². The summed E-state index contributed by atoms with van der Waals surface area (Å²) in [5.74, 6) is -0.288. The fourth-order valence-corrected chi connectivity index (χ4v) is 4.45. The van der Waals surface area contributed by atoms with Gasteiger partial charge in [0, 0.05) is 13.1 Å². The molecule has 1 unspecified atom stereocenters. The molecule has 2 N–H and O–H groups in total. The van der Waals surface area contributed by atoms with E-state index in [1.54, 1.807) is 4.90 Å². The Labute approximate surface area is 183 Å². The number of hydrogen-bond donors (Lipinski definition) is 1. The predicted octanol–water partition coefficient (Wildman–Crippen LogP) is 4.15. The second-order valence-corrected chi connectivity index (χ2v) is 8.57. The number of primary amides is 1. The zero-order chi connectivity index (χ0) is 21.8. The average molecular weight is 413 g/mol. The Morgan fingerprint density at radius 2 is 1.61 bits per heavy atom. The topological polar surface area (TPSA) is 63.4 Å². The maximum Gasteiger partial charge on any atom is 0.227 e. The maximum absolute atomic E-state index is 12.9. The molecule has 158 valence electrons. The molecule has 1 heterocycles. The normalized spacial score (nSPS) is 18.2. The highest BCUT2D eigenvalue weighted by Crippen LogP contribution is 2.37. The Hall–Kier alpha value is -3.40. The van der Waals surface area contributed by atoms with Crippen molar-refractivity contribution < 1.29 is 9.59 Å². The number of hydrogen-bond acceptors (Lipinski definition) is 2. The minimum absolute atomic E-state index is 0.0447. The highest BCUT2D eigenvalue weighted by atomic mass is 16.2. The number of carbonyl (C=O) groups excluding carboxylic acids is 2. The van der Waals surface area contributed by atoms with Crippen molar-refractivity contribution in [3.8, 4) is 11.1 Å². The van der Waals surface area contributed by atoms with Crippen molar-refractivity contribution in [1.82, 2.24) is 4.90 Å². The summed E-state index contributed by atoms with van der Waals surface area (Å²) in [5, 5.41) is 0. The van der Waals surface area contributed by atoms with Gasteiger partial charge in [-0.1, -0.05) is 84.4 Å². The maximum atomic E-state index is 12.9. The van der Waals surface area contributed by atoms with Gasteiger partial charge < -0.3 is 10.6 Å². The van der Waals surface area contributed by atoms with Crippen molar-refractivity contribution in [2.75, 3.05) is 13.1 Å². The van der Waals surface area contributed by atoms with Gasteiger partial charge in [-0.25, -0.2) is 0 Å². The molecule has 1 saturated heterocycles. The van der Waals surface area contributed by atoms with Crippen LogP contribution < -0.4 is 5.73 Å². The van der Waals surface area contributed by atoms with Crippen LogP contribution in [-0.4, -0.2) is 29.8 Å². The molecule has 0 saturated carbocycles. The Balaban J connectivity index is 1.54. The smallest absolute Gasteiger partial charge is 0.227 e. The van der Waals surface area contributed by atoms with Crippen molar-refractivity contribution in [2.24, 2.45) is 11.1 Å². The van der Waals surface area contributed by atoms with Gasteiger partial charge in [-0.3, -0.25) is 9.59 Å². The summed E-state index contributed by atoms with van der Waals surface area (Å²) >= 11 is 0. The molecule has 0 spiro atoms. The van der Waals surface area contributed by atoms with E-state index in [1.807, 2.05) is 61.5 Å². The van der Waals surface area contributed by atoms with Crippen LogP contribution in [0.3, 0.4) is 0 Å². The predicted molar refractivity (Wildman–Crippen MR) is 123 cm³/mol. The minimum Gasteiger partial charge on any atom is -0.369 e. The lowest BCUT2D eigenvalue weighted by Gasteiger charge is -2.27. The largest absolute Gasteiger partial charge is 0.369 e.